The fraction of sp³-hybridized carbons (Fsp3) is 0.0800. The number of nitrogens with zero attached hydrogens (tertiary/aromatic N) is 1. The largest absolute Gasteiger partial charge is 0.496 e. The van der Waals surface area contributed by atoms with Crippen LogP contribution in [0.4, 0.5) is 5.13 Å². The summed E-state index contributed by atoms with van der Waals surface area (Å²) in [5.41, 5.74) is 4.37. The van der Waals surface area contributed by atoms with Gasteiger partial charge >= 0.3 is 0 Å². The molecule has 1 aromatic heterocycles. The van der Waals surface area contributed by atoms with Gasteiger partial charge in [-0.15, -0.1) is 11.3 Å². The second-order valence-electron chi connectivity index (χ2n) is 6.95. The van der Waals surface area contributed by atoms with Crippen LogP contribution in [0, 0.1) is 6.92 Å². The third-order valence-corrected chi connectivity index (χ3v) is 5.62. The van der Waals surface area contributed by atoms with Crippen molar-refractivity contribution < 1.29 is 14.3 Å². The summed E-state index contributed by atoms with van der Waals surface area (Å²) in [6, 6.07) is 21.5. The quantitative estimate of drug-likeness (QED) is 0.405. The molecule has 0 unspecified atom stereocenters. The first-order valence-corrected chi connectivity index (χ1v) is 10.5. The summed E-state index contributed by atoms with van der Waals surface area (Å²) in [5, 5.41) is 5.24. The lowest BCUT2D eigenvalue weighted by molar-refractivity contribution is 0.102. The van der Waals surface area contributed by atoms with E-state index in [1.165, 1.54) is 11.3 Å². The first kappa shape index (κ1) is 20.5. The topological polar surface area (TPSA) is 68.3 Å². The van der Waals surface area contributed by atoms with Crippen molar-refractivity contribution in [2.45, 2.75) is 6.92 Å². The van der Waals surface area contributed by atoms with Gasteiger partial charge in [-0.25, -0.2) is 4.98 Å². The van der Waals surface area contributed by atoms with Crippen LogP contribution in [-0.2, 0) is 0 Å². The number of rotatable bonds is 6. The van der Waals surface area contributed by atoms with Crippen molar-refractivity contribution in [3.8, 4) is 17.0 Å². The lowest BCUT2D eigenvalue weighted by Crippen LogP contribution is -2.12. The number of ketones is 1. The molecule has 0 spiro atoms. The highest BCUT2D eigenvalue weighted by Crippen LogP contribution is 2.29. The third-order valence-electron chi connectivity index (χ3n) is 4.86. The van der Waals surface area contributed by atoms with Gasteiger partial charge in [-0.1, -0.05) is 42.5 Å². The minimum Gasteiger partial charge on any atom is -0.496 e. The van der Waals surface area contributed by atoms with E-state index in [0.717, 1.165) is 22.6 Å². The highest BCUT2D eigenvalue weighted by Gasteiger charge is 2.13. The summed E-state index contributed by atoms with van der Waals surface area (Å²) in [7, 11) is 1.64. The van der Waals surface area contributed by atoms with Crippen LogP contribution in [0.15, 0.2) is 78.2 Å². The van der Waals surface area contributed by atoms with Crippen molar-refractivity contribution in [2.24, 2.45) is 0 Å². The summed E-state index contributed by atoms with van der Waals surface area (Å²) in [6.07, 6.45) is 0. The molecule has 31 heavy (non-hydrogen) atoms. The van der Waals surface area contributed by atoms with Crippen molar-refractivity contribution in [3.63, 3.8) is 0 Å². The predicted octanol–water partition coefficient (Wildman–Crippen LogP) is 5.61. The number of hydrogen-bond acceptors (Lipinski definition) is 5. The number of aromatic nitrogens is 1. The Labute approximate surface area is 184 Å². The van der Waals surface area contributed by atoms with E-state index in [-0.39, 0.29) is 11.7 Å². The van der Waals surface area contributed by atoms with Crippen LogP contribution in [0.2, 0.25) is 0 Å². The molecule has 154 valence electrons. The van der Waals surface area contributed by atoms with Gasteiger partial charge in [-0.3, -0.25) is 14.9 Å². The minimum absolute atomic E-state index is 0.0769. The Balaban J connectivity index is 1.45. The first-order chi connectivity index (χ1) is 15.0. The molecule has 0 aliphatic heterocycles. The molecule has 6 heteroatoms. The fourth-order valence-electron chi connectivity index (χ4n) is 3.20. The van der Waals surface area contributed by atoms with Crippen molar-refractivity contribution in [3.05, 3.63) is 100 Å². The van der Waals surface area contributed by atoms with Gasteiger partial charge < -0.3 is 4.74 Å². The zero-order valence-corrected chi connectivity index (χ0v) is 17.9. The zero-order chi connectivity index (χ0) is 21.8. The molecule has 1 N–H and O–H groups in total. The Morgan fingerprint density at radius 3 is 2.26 bits per heavy atom. The average molecular weight is 429 g/mol. The Morgan fingerprint density at radius 1 is 0.903 bits per heavy atom. The Morgan fingerprint density at radius 2 is 1.58 bits per heavy atom. The molecule has 1 heterocycles. The van der Waals surface area contributed by atoms with Gasteiger partial charge in [0.2, 0.25) is 0 Å². The van der Waals surface area contributed by atoms with E-state index in [2.05, 4.69) is 10.3 Å². The van der Waals surface area contributed by atoms with E-state index >= 15 is 0 Å². The molecule has 5 nitrogen and oxygen atoms in total. The molecule has 0 bridgehead atoms. The number of aryl methyl sites for hydroxylation is 1. The monoisotopic (exact) mass is 428 g/mol. The normalized spacial score (nSPS) is 10.5. The SMILES string of the molecule is COc1ccc(-c2csc(NC(=O)c3ccc(C(=O)c4ccccc4)cc3)n2)cc1C. The zero-order valence-electron chi connectivity index (χ0n) is 17.1. The number of methoxy groups -OCH3 is 1. The molecule has 0 radical (unpaired) electrons. The molecule has 0 fully saturated rings. The number of carbonyl (C=O) groups is 2. The highest BCUT2D eigenvalue weighted by molar-refractivity contribution is 7.14. The van der Waals surface area contributed by atoms with Gasteiger partial charge in [0.1, 0.15) is 5.75 Å². The molecule has 0 aliphatic carbocycles. The maximum Gasteiger partial charge on any atom is 0.257 e. The highest BCUT2D eigenvalue weighted by atomic mass is 32.1. The number of thiazole rings is 1. The van der Waals surface area contributed by atoms with Gasteiger partial charge in [0.05, 0.1) is 12.8 Å². The smallest absolute Gasteiger partial charge is 0.257 e. The molecular weight excluding hydrogens is 408 g/mol. The Bertz CT molecular complexity index is 1230. The molecule has 0 aliphatic rings. The number of nitrogens with one attached hydrogen (secondary N) is 1. The van der Waals surface area contributed by atoms with Crippen LogP contribution in [0.1, 0.15) is 31.8 Å². The van der Waals surface area contributed by atoms with Gasteiger partial charge in [-0.05, 0) is 42.8 Å². The average Bonchev–Trinajstić information content (AvgIpc) is 3.27. The van der Waals surface area contributed by atoms with Crippen molar-refractivity contribution in [2.75, 3.05) is 12.4 Å². The van der Waals surface area contributed by atoms with Crippen LogP contribution < -0.4 is 10.1 Å². The maximum atomic E-state index is 12.6. The van der Waals surface area contributed by atoms with Gasteiger partial charge in [0.25, 0.3) is 5.91 Å². The van der Waals surface area contributed by atoms with Crippen LogP contribution in [0.3, 0.4) is 0 Å². The van der Waals surface area contributed by atoms with Crippen LogP contribution >= 0.6 is 11.3 Å². The summed E-state index contributed by atoms with van der Waals surface area (Å²) in [5.74, 6) is 0.471. The summed E-state index contributed by atoms with van der Waals surface area (Å²) >= 11 is 1.36. The third kappa shape index (κ3) is 4.54. The van der Waals surface area contributed by atoms with E-state index in [9.17, 15) is 9.59 Å². The number of benzene rings is 3. The van der Waals surface area contributed by atoms with Crippen molar-refractivity contribution >= 4 is 28.2 Å². The summed E-state index contributed by atoms with van der Waals surface area (Å²) in [4.78, 5) is 29.6. The molecule has 0 saturated heterocycles. The maximum absolute atomic E-state index is 12.6. The molecule has 3 aromatic carbocycles. The standard InChI is InChI=1S/C25H20N2O3S/c1-16-14-20(12-13-22(16)30-2)21-15-31-25(26-21)27-24(29)19-10-8-18(9-11-19)23(28)17-6-4-3-5-7-17/h3-15H,1-2H3,(H,26,27,29). The molecular formula is C25H20N2O3S. The van der Waals surface area contributed by atoms with Crippen LogP contribution in [0.5, 0.6) is 5.75 Å². The molecule has 4 rings (SSSR count). The van der Waals surface area contributed by atoms with E-state index in [4.69, 9.17) is 4.74 Å². The van der Waals surface area contributed by atoms with Crippen LogP contribution in [0.25, 0.3) is 11.3 Å². The Hall–Kier alpha value is -3.77. The minimum atomic E-state index is -0.273. The van der Waals surface area contributed by atoms with E-state index in [0.29, 0.717) is 21.8 Å². The second kappa shape index (κ2) is 8.93. The first-order valence-electron chi connectivity index (χ1n) is 9.67. The number of hydrogen-bond donors (Lipinski definition) is 1. The predicted molar refractivity (Wildman–Crippen MR) is 123 cm³/mol. The van der Waals surface area contributed by atoms with E-state index in [1.807, 2.05) is 48.7 Å². The van der Waals surface area contributed by atoms with E-state index < -0.39 is 0 Å². The fourth-order valence-corrected chi connectivity index (χ4v) is 3.91. The number of amides is 1. The lowest BCUT2D eigenvalue weighted by atomic mass is 10.0. The van der Waals surface area contributed by atoms with Gasteiger partial charge in [0.15, 0.2) is 10.9 Å². The van der Waals surface area contributed by atoms with Crippen LogP contribution in [-0.4, -0.2) is 23.8 Å². The van der Waals surface area contributed by atoms with Crippen molar-refractivity contribution in [1.82, 2.24) is 4.98 Å². The lowest BCUT2D eigenvalue weighted by Gasteiger charge is -2.06. The number of anilines is 1. The second-order valence-corrected chi connectivity index (χ2v) is 7.81. The van der Waals surface area contributed by atoms with Gasteiger partial charge in [0, 0.05) is 27.6 Å². The molecule has 4 aromatic rings. The molecule has 1 amide bonds. The summed E-state index contributed by atoms with van der Waals surface area (Å²) < 4.78 is 5.29. The number of carbonyl (C=O) groups excluding carboxylic acids is 2. The number of ether oxygens (including phenoxy) is 1. The molecule has 0 saturated carbocycles. The molecule has 0 atom stereocenters. The van der Waals surface area contributed by atoms with Gasteiger partial charge in [-0.2, -0.15) is 0 Å². The van der Waals surface area contributed by atoms with Crippen molar-refractivity contribution in [1.29, 1.82) is 0 Å². The van der Waals surface area contributed by atoms with E-state index in [1.54, 1.807) is 43.5 Å². The summed E-state index contributed by atoms with van der Waals surface area (Å²) in [6.45, 7) is 1.98. The Kier molecular flexibility index (Phi) is 5.91.